The molecule has 0 aliphatic rings. The average molecular weight is 237 g/mol. The summed E-state index contributed by atoms with van der Waals surface area (Å²) in [4.78, 5) is 3.79. The van der Waals surface area contributed by atoms with Crippen LogP contribution in [-0.2, 0) is 13.0 Å². The molecular weight excluding hydrogens is 225 g/mol. The fourth-order valence-corrected chi connectivity index (χ4v) is 1.46. The molecule has 6 heteroatoms. The van der Waals surface area contributed by atoms with E-state index in [-0.39, 0.29) is 12.4 Å². The summed E-state index contributed by atoms with van der Waals surface area (Å²) >= 11 is 0. The van der Waals surface area contributed by atoms with E-state index in [1.165, 1.54) is 12.5 Å². The molecule has 0 atom stereocenters. The van der Waals surface area contributed by atoms with Gasteiger partial charge in [-0.1, -0.05) is 17.3 Å². The zero-order valence-electron chi connectivity index (χ0n) is 9.10. The molecule has 1 aromatic heterocycles. The average Bonchev–Trinajstić information content (AvgIpc) is 2.82. The lowest BCUT2D eigenvalue weighted by Gasteiger charge is -2.10. The molecule has 0 bridgehead atoms. The number of nitrogens with two attached hydrogens (primary N) is 1. The maximum Gasteiger partial charge on any atom is 0.213 e. The van der Waals surface area contributed by atoms with Gasteiger partial charge in [0.2, 0.25) is 12.2 Å². The van der Waals surface area contributed by atoms with Crippen LogP contribution in [0.1, 0.15) is 11.4 Å². The topological polar surface area (TPSA) is 74.2 Å². The number of nitrogens with zero attached hydrogens (tertiary/aromatic N) is 2. The van der Waals surface area contributed by atoms with Gasteiger partial charge >= 0.3 is 0 Å². The number of rotatable bonds is 5. The molecule has 2 rings (SSSR count). The summed E-state index contributed by atoms with van der Waals surface area (Å²) in [5.74, 6) is 0.147. The Balaban J connectivity index is 2.13. The van der Waals surface area contributed by atoms with Crippen LogP contribution in [0.25, 0.3) is 0 Å². The third-order valence-corrected chi connectivity index (χ3v) is 2.21. The largest absolute Gasteiger partial charge is 0.482 e. The lowest BCUT2D eigenvalue weighted by atomic mass is 10.1. The molecule has 0 spiro atoms. The highest BCUT2D eigenvalue weighted by molar-refractivity contribution is 5.35. The third kappa shape index (κ3) is 2.79. The van der Waals surface area contributed by atoms with E-state index in [4.69, 9.17) is 10.5 Å². The summed E-state index contributed by atoms with van der Waals surface area (Å²) in [5.41, 5.74) is 6.18. The maximum atomic E-state index is 13.6. The van der Waals surface area contributed by atoms with Crippen molar-refractivity contribution in [1.82, 2.24) is 10.1 Å². The van der Waals surface area contributed by atoms with Crippen molar-refractivity contribution >= 4 is 0 Å². The van der Waals surface area contributed by atoms with Crippen molar-refractivity contribution in [3.8, 4) is 5.75 Å². The van der Waals surface area contributed by atoms with E-state index in [9.17, 15) is 4.39 Å². The fraction of sp³-hybridized carbons (Fsp3) is 0.273. The zero-order valence-corrected chi connectivity index (χ0v) is 9.10. The van der Waals surface area contributed by atoms with Crippen LogP contribution in [0.2, 0.25) is 0 Å². The number of para-hydroxylation sites is 1. The summed E-state index contributed by atoms with van der Waals surface area (Å²) in [6.07, 6.45) is 1.75. The van der Waals surface area contributed by atoms with E-state index in [1.54, 1.807) is 12.1 Å². The predicted molar refractivity (Wildman–Crippen MR) is 57.8 cm³/mol. The Morgan fingerprint density at radius 3 is 3.00 bits per heavy atom. The van der Waals surface area contributed by atoms with E-state index >= 15 is 0 Å². The number of benzene rings is 1. The number of hydrogen-bond acceptors (Lipinski definition) is 5. The molecule has 2 aromatic rings. The first-order valence-electron chi connectivity index (χ1n) is 5.16. The second-order valence-corrected chi connectivity index (χ2v) is 3.40. The predicted octanol–water partition coefficient (Wildman–Crippen LogP) is 1.29. The van der Waals surface area contributed by atoms with Gasteiger partial charge < -0.3 is 15.0 Å². The molecule has 1 heterocycles. The van der Waals surface area contributed by atoms with Gasteiger partial charge in [0.25, 0.3) is 0 Å². The summed E-state index contributed by atoms with van der Waals surface area (Å²) in [7, 11) is 0. The fourth-order valence-electron chi connectivity index (χ4n) is 1.46. The van der Waals surface area contributed by atoms with E-state index in [0.29, 0.717) is 18.8 Å². The Morgan fingerprint density at radius 2 is 2.29 bits per heavy atom. The molecule has 0 aliphatic heterocycles. The van der Waals surface area contributed by atoms with Crippen molar-refractivity contribution in [3.63, 3.8) is 0 Å². The van der Waals surface area contributed by atoms with Crippen LogP contribution in [-0.4, -0.2) is 16.7 Å². The number of ether oxygens (including phenoxy) is 1. The number of hydrogen-bond donors (Lipinski definition) is 1. The molecule has 0 aliphatic carbocycles. The highest BCUT2D eigenvalue weighted by atomic mass is 19.1. The molecule has 0 saturated carbocycles. The van der Waals surface area contributed by atoms with Gasteiger partial charge in [-0.05, 0) is 24.6 Å². The summed E-state index contributed by atoms with van der Waals surface area (Å²) in [6, 6.07) is 4.74. The van der Waals surface area contributed by atoms with Crippen LogP contribution in [0.15, 0.2) is 29.1 Å². The Morgan fingerprint density at radius 1 is 1.41 bits per heavy atom. The quantitative estimate of drug-likeness (QED) is 0.848. The van der Waals surface area contributed by atoms with E-state index in [0.717, 1.165) is 5.56 Å². The first-order chi connectivity index (χ1) is 8.31. The van der Waals surface area contributed by atoms with Crippen LogP contribution < -0.4 is 10.5 Å². The SMILES string of the molecule is NCCc1cccc(F)c1OCc1ncon1. The Kier molecular flexibility index (Phi) is 3.66. The molecule has 90 valence electrons. The van der Waals surface area contributed by atoms with Crippen molar-refractivity contribution in [2.24, 2.45) is 5.73 Å². The van der Waals surface area contributed by atoms with Gasteiger partial charge in [-0.3, -0.25) is 0 Å². The third-order valence-electron chi connectivity index (χ3n) is 2.21. The minimum absolute atomic E-state index is 0.0645. The van der Waals surface area contributed by atoms with E-state index in [1.807, 2.05) is 0 Å². The molecular formula is C11H12FN3O2. The molecule has 0 radical (unpaired) electrons. The van der Waals surface area contributed by atoms with Crippen LogP contribution >= 0.6 is 0 Å². The maximum absolute atomic E-state index is 13.6. The van der Waals surface area contributed by atoms with Gasteiger partial charge in [-0.15, -0.1) is 0 Å². The van der Waals surface area contributed by atoms with Crippen LogP contribution in [0.4, 0.5) is 4.39 Å². The van der Waals surface area contributed by atoms with Gasteiger partial charge in [-0.2, -0.15) is 4.98 Å². The lowest BCUT2D eigenvalue weighted by molar-refractivity contribution is 0.270. The molecule has 17 heavy (non-hydrogen) atoms. The summed E-state index contributed by atoms with van der Waals surface area (Å²) < 4.78 is 23.5. The van der Waals surface area contributed by atoms with Crippen molar-refractivity contribution in [2.75, 3.05) is 6.54 Å². The second-order valence-electron chi connectivity index (χ2n) is 3.40. The molecule has 2 N–H and O–H groups in total. The number of aromatic nitrogens is 2. The monoisotopic (exact) mass is 237 g/mol. The molecule has 0 fully saturated rings. The molecule has 5 nitrogen and oxygen atoms in total. The van der Waals surface area contributed by atoms with Crippen LogP contribution in [0.3, 0.4) is 0 Å². The molecule has 1 aromatic carbocycles. The minimum Gasteiger partial charge on any atom is -0.482 e. The van der Waals surface area contributed by atoms with Crippen LogP contribution in [0.5, 0.6) is 5.75 Å². The van der Waals surface area contributed by atoms with Crippen molar-refractivity contribution < 1.29 is 13.7 Å². The number of halogens is 1. The first-order valence-corrected chi connectivity index (χ1v) is 5.16. The van der Waals surface area contributed by atoms with E-state index in [2.05, 4.69) is 14.7 Å². The molecule has 0 unspecified atom stereocenters. The zero-order chi connectivity index (χ0) is 12.1. The minimum atomic E-state index is -0.417. The van der Waals surface area contributed by atoms with Crippen molar-refractivity contribution in [1.29, 1.82) is 0 Å². The lowest BCUT2D eigenvalue weighted by Crippen LogP contribution is -2.07. The standard InChI is InChI=1S/C11H12FN3O2/c12-9-3-1-2-8(4-5-13)11(9)16-6-10-14-7-17-15-10/h1-3,7H,4-6,13H2. The Labute approximate surface area is 97.4 Å². The van der Waals surface area contributed by atoms with Gasteiger partial charge in [0.05, 0.1) is 0 Å². The molecule has 0 amide bonds. The molecule has 0 saturated heterocycles. The van der Waals surface area contributed by atoms with Crippen molar-refractivity contribution in [3.05, 3.63) is 41.8 Å². The highest BCUT2D eigenvalue weighted by Gasteiger charge is 2.10. The summed E-state index contributed by atoms with van der Waals surface area (Å²) in [6.45, 7) is 0.497. The van der Waals surface area contributed by atoms with Gasteiger partial charge in [-0.25, -0.2) is 4.39 Å². The van der Waals surface area contributed by atoms with Gasteiger partial charge in [0.15, 0.2) is 18.2 Å². The normalized spacial score (nSPS) is 10.5. The van der Waals surface area contributed by atoms with Gasteiger partial charge in [0, 0.05) is 0 Å². The smallest absolute Gasteiger partial charge is 0.213 e. The summed E-state index contributed by atoms with van der Waals surface area (Å²) in [5, 5.41) is 3.58. The second kappa shape index (κ2) is 5.40. The first kappa shape index (κ1) is 11.5. The highest BCUT2D eigenvalue weighted by Crippen LogP contribution is 2.23. The van der Waals surface area contributed by atoms with Crippen molar-refractivity contribution in [2.45, 2.75) is 13.0 Å². The van der Waals surface area contributed by atoms with Crippen LogP contribution in [0, 0.1) is 5.82 Å². The Hall–Kier alpha value is -1.95. The van der Waals surface area contributed by atoms with E-state index < -0.39 is 5.82 Å². The van der Waals surface area contributed by atoms with Gasteiger partial charge in [0.1, 0.15) is 0 Å². The Bertz CT molecular complexity index is 474.